The predicted molar refractivity (Wildman–Crippen MR) is 110 cm³/mol. The Kier molecular flexibility index (Phi) is 9.83. The molecule has 7 heteroatoms. The molecule has 0 aliphatic carbocycles. The Hall–Kier alpha value is -1.57. The summed E-state index contributed by atoms with van der Waals surface area (Å²) in [6.07, 6.45) is 1.05. The van der Waals surface area contributed by atoms with E-state index in [0.29, 0.717) is 19.1 Å². The van der Waals surface area contributed by atoms with Crippen molar-refractivity contribution < 1.29 is 14.3 Å². The lowest BCUT2D eigenvalue weighted by atomic mass is 9.96. The maximum atomic E-state index is 10.9. The molecule has 0 spiro atoms. The molecule has 0 aliphatic rings. The first-order valence-corrected chi connectivity index (χ1v) is 9.78. The average molecular weight is 383 g/mol. The quantitative estimate of drug-likeness (QED) is 0.401. The van der Waals surface area contributed by atoms with Crippen molar-refractivity contribution in [3.05, 3.63) is 23.2 Å². The molecule has 0 fully saturated rings. The SMILES string of the molecule is CCNC(=NCC(C)(O)c1cc(C)oc1C)NCC(CCN(C)C)OCC. The summed E-state index contributed by atoms with van der Waals surface area (Å²) in [5, 5.41) is 17.4. The standard InChI is InChI=1S/C20H38N4O3/c1-8-21-19(22-13-17(26-9-2)10-11-24(6)7)23-14-20(5,25)18-12-15(3)27-16(18)4/h12,17,25H,8-11,13-14H2,1-7H3,(H2,21,22,23). The van der Waals surface area contributed by atoms with Crippen molar-refractivity contribution in [2.45, 2.75) is 52.7 Å². The van der Waals surface area contributed by atoms with Crippen molar-refractivity contribution in [3.63, 3.8) is 0 Å². The summed E-state index contributed by atoms with van der Waals surface area (Å²) in [4.78, 5) is 6.73. The molecule has 1 aromatic rings. The van der Waals surface area contributed by atoms with Gasteiger partial charge in [0.25, 0.3) is 0 Å². The number of nitrogens with zero attached hydrogens (tertiary/aromatic N) is 2. The van der Waals surface area contributed by atoms with Gasteiger partial charge < -0.3 is 29.8 Å². The monoisotopic (exact) mass is 382 g/mol. The van der Waals surface area contributed by atoms with Gasteiger partial charge in [-0.1, -0.05) is 0 Å². The van der Waals surface area contributed by atoms with Gasteiger partial charge in [-0.3, -0.25) is 0 Å². The summed E-state index contributed by atoms with van der Waals surface area (Å²) in [6.45, 7) is 12.8. The third-order valence-corrected chi connectivity index (χ3v) is 4.31. The summed E-state index contributed by atoms with van der Waals surface area (Å²) in [7, 11) is 4.12. The minimum Gasteiger partial charge on any atom is -0.466 e. The van der Waals surface area contributed by atoms with Gasteiger partial charge in [-0.05, 0) is 61.2 Å². The molecule has 1 aromatic heterocycles. The number of ether oxygens (including phenoxy) is 1. The Bertz CT molecular complexity index is 582. The Balaban J connectivity index is 2.73. The van der Waals surface area contributed by atoms with Gasteiger partial charge in [0, 0.05) is 31.8 Å². The lowest BCUT2D eigenvalue weighted by Crippen LogP contribution is -2.43. The van der Waals surface area contributed by atoms with E-state index in [1.54, 1.807) is 6.92 Å². The summed E-state index contributed by atoms with van der Waals surface area (Å²) < 4.78 is 11.4. The van der Waals surface area contributed by atoms with E-state index < -0.39 is 5.60 Å². The highest BCUT2D eigenvalue weighted by molar-refractivity contribution is 5.79. The van der Waals surface area contributed by atoms with E-state index in [2.05, 4.69) is 34.6 Å². The second-order valence-electron chi connectivity index (χ2n) is 7.35. The van der Waals surface area contributed by atoms with Crippen LogP contribution in [0.15, 0.2) is 15.5 Å². The van der Waals surface area contributed by atoms with Crippen LogP contribution in [0.3, 0.4) is 0 Å². The van der Waals surface area contributed by atoms with Gasteiger partial charge in [0.2, 0.25) is 0 Å². The normalized spacial score (nSPS) is 15.7. The maximum absolute atomic E-state index is 10.9. The van der Waals surface area contributed by atoms with Crippen LogP contribution >= 0.6 is 0 Å². The first-order chi connectivity index (χ1) is 12.7. The van der Waals surface area contributed by atoms with Crippen molar-refractivity contribution >= 4 is 5.96 Å². The summed E-state index contributed by atoms with van der Waals surface area (Å²) in [5.41, 5.74) is -0.313. The molecule has 156 valence electrons. The van der Waals surface area contributed by atoms with Crippen LogP contribution in [0.1, 0.15) is 44.3 Å². The number of aryl methyl sites for hydroxylation is 2. The number of aliphatic hydroxyl groups is 1. The minimum absolute atomic E-state index is 0.112. The van der Waals surface area contributed by atoms with E-state index in [0.717, 1.165) is 36.6 Å². The van der Waals surface area contributed by atoms with E-state index in [4.69, 9.17) is 9.15 Å². The molecule has 0 aromatic carbocycles. The molecule has 0 aliphatic heterocycles. The molecular formula is C20H38N4O3. The zero-order chi connectivity index (χ0) is 20.4. The topological polar surface area (TPSA) is 82.3 Å². The zero-order valence-corrected chi connectivity index (χ0v) is 18.1. The lowest BCUT2D eigenvalue weighted by molar-refractivity contribution is 0.0546. The minimum atomic E-state index is -1.09. The third kappa shape index (κ3) is 8.32. The van der Waals surface area contributed by atoms with Crippen LogP contribution in [-0.2, 0) is 10.3 Å². The van der Waals surface area contributed by atoms with Crippen molar-refractivity contribution in [2.24, 2.45) is 4.99 Å². The molecule has 0 radical (unpaired) electrons. The first-order valence-electron chi connectivity index (χ1n) is 9.78. The highest BCUT2D eigenvalue weighted by Crippen LogP contribution is 2.27. The highest BCUT2D eigenvalue weighted by atomic mass is 16.5. The van der Waals surface area contributed by atoms with Crippen molar-refractivity contribution in [1.29, 1.82) is 0 Å². The molecule has 0 saturated carbocycles. The highest BCUT2D eigenvalue weighted by Gasteiger charge is 2.27. The predicted octanol–water partition coefficient (Wildman–Crippen LogP) is 2.02. The molecule has 3 N–H and O–H groups in total. The van der Waals surface area contributed by atoms with Gasteiger partial charge in [-0.15, -0.1) is 0 Å². The van der Waals surface area contributed by atoms with Crippen molar-refractivity contribution in [1.82, 2.24) is 15.5 Å². The van der Waals surface area contributed by atoms with E-state index in [1.807, 2.05) is 33.8 Å². The zero-order valence-electron chi connectivity index (χ0n) is 18.1. The van der Waals surface area contributed by atoms with Gasteiger partial charge >= 0.3 is 0 Å². The maximum Gasteiger partial charge on any atom is 0.191 e. The summed E-state index contributed by atoms with van der Waals surface area (Å²) in [5.74, 6) is 2.19. The molecule has 2 unspecified atom stereocenters. The van der Waals surface area contributed by atoms with Crippen LogP contribution in [0.25, 0.3) is 0 Å². The number of rotatable bonds is 11. The second-order valence-corrected chi connectivity index (χ2v) is 7.35. The molecular weight excluding hydrogens is 344 g/mol. The van der Waals surface area contributed by atoms with Gasteiger partial charge in [-0.25, -0.2) is 4.99 Å². The van der Waals surface area contributed by atoms with Crippen molar-refractivity contribution in [3.8, 4) is 0 Å². The Morgan fingerprint density at radius 2 is 2.04 bits per heavy atom. The summed E-state index contributed by atoms with van der Waals surface area (Å²) in [6, 6.07) is 1.87. The number of hydrogen-bond donors (Lipinski definition) is 3. The molecule has 0 saturated heterocycles. The number of guanidine groups is 1. The fourth-order valence-electron chi connectivity index (χ4n) is 2.92. The van der Waals surface area contributed by atoms with Crippen LogP contribution in [0.4, 0.5) is 0 Å². The number of hydrogen-bond acceptors (Lipinski definition) is 5. The molecule has 7 nitrogen and oxygen atoms in total. The summed E-state index contributed by atoms with van der Waals surface area (Å²) >= 11 is 0. The number of aliphatic imine (C=N–C) groups is 1. The molecule has 0 amide bonds. The molecule has 1 rings (SSSR count). The smallest absolute Gasteiger partial charge is 0.191 e. The van der Waals surface area contributed by atoms with Crippen molar-refractivity contribution in [2.75, 3.05) is 46.9 Å². The Labute approximate surface area is 164 Å². The van der Waals surface area contributed by atoms with Crippen LogP contribution in [-0.4, -0.2) is 69.0 Å². The fourth-order valence-corrected chi connectivity index (χ4v) is 2.92. The van der Waals surface area contributed by atoms with Gasteiger partial charge in [0.15, 0.2) is 5.96 Å². The second kappa shape index (κ2) is 11.3. The van der Waals surface area contributed by atoms with E-state index in [-0.39, 0.29) is 12.6 Å². The number of nitrogens with one attached hydrogen (secondary N) is 2. The van der Waals surface area contributed by atoms with Gasteiger partial charge in [0.1, 0.15) is 17.1 Å². The molecule has 2 atom stereocenters. The van der Waals surface area contributed by atoms with Crippen LogP contribution < -0.4 is 10.6 Å². The molecule has 27 heavy (non-hydrogen) atoms. The lowest BCUT2D eigenvalue weighted by Gasteiger charge is -2.23. The molecule has 0 bridgehead atoms. The van der Waals surface area contributed by atoms with E-state index >= 15 is 0 Å². The van der Waals surface area contributed by atoms with E-state index in [9.17, 15) is 5.11 Å². The Morgan fingerprint density at radius 3 is 2.56 bits per heavy atom. The van der Waals surface area contributed by atoms with Crippen LogP contribution in [0.5, 0.6) is 0 Å². The van der Waals surface area contributed by atoms with Crippen LogP contribution in [0, 0.1) is 13.8 Å². The number of furan rings is 1. The largest absolute Gasteiger partial charge is 0.466 e. The van der Waals surface area contributed by atoms with E-state index in [1.165, 1.54) is 0 Å². The third-order valence-electron chi connectivity index (χ3n) is 4.31. The Morgan fingerprint density at radius 1 is 1.33 bits per heavy atom. The fraction of sp³-hybridized carbons (Fsp3) is 0.750. The first kappa shape index (κ1) is 23.5. The molecule has 1 heterocycles. The average Bonchev–Trinajstić information content (AvgIpc) is 2.94. The van der Waals surface area contributed by atoms with Gasteiger partial charge in [0.05, 0.1) is 12.6 Å². The van der Waals surface area contributed by atoms with Gasteiger partial charge in [-0.2, -0.15) is 0 Å². The van der Waals surface area contributed by atoms with Crippen LogP contribution in [0.2, 0.25) is 0 Å².